The molecule has 3 heteroatoms. The van der Waals surface area contributed by atoms with Crippen LogP contribution in [0.1, 0.15) is 84.0 Å². The molecule has 0 spiro atoms. The molecule has 0 aromatic carbocycles. The van der Waals surface area contributed by atoms with Gasteiger partial charge < -0.3 is 4.74 Å². The first-order chi connectivity index (χ1) is 9.10. The van der Waals surface area contributed by atoms with Crippen molar-refractivity contribution in [2.24, 2.45) is 0 Å². The monoisotopic (exact) mass is 286 g/mol. The fourth-order valence-corrected chi connectivity index (χ4v) is 3.97. The van der Waals surface area contributed by atoms with Gasteiger partial charge in [0.2, 0.25) is 0 Å². The van der Waals surface area contributed by atoms with E-state index in [0.29, 0.717) is 0 Å². The third-order valence-electron chi connectivity index (χ3n) is 4.79. The minimum absolute atomic E-state index is 0.135. The fourth-order valence-electron chi connectivity index (χ4n) is 3.66. The average molecular weight is 287 g/mol. The molecule has 0 aliphatic heterocycles. The Hall–Kier alpha value is -0.240. The zero-order valence-electron chi connectivity index (χ0n) is 12.2. The van der Waals surface area contributed by atoms with Crippen molar-refractivity contribution in [2.45, 2.75) is 94.4 Å². The van der Waals surface area contributed by atoms with Gasteiger partial charge in [-0.05, 0) is 44.9 Å². The lowest BCUT2D eigenvalue weighted by molar-refractivity contribution is -0.169. The van der Waals surface area contributed by atoms with Crippen molar-refractivity contribution in [3.05, 3.63) is 0 Å². The molecule has 0 radical (unpaired) electrons. The number of carbonyl (C=O) groups excluding carboxylic acids is 1. The minimum Gasteiger partial charge on any atom is -0.458 e. The van der Waals surface area contributed by atoms with Gasteiger partial charge in [0.15, 0.2) is 0 Å². The summed E-state index contributed by atoms with van der Waals surface area (Å²) in [4.78, 5) is 11.8. The van der Waals surface area contributed by atoms with E-state index in [1.54, 1.807) is 0 Å². The minimum atomic E-state index is -0.726. The van der Waals surface area contributed by atoms with Gasteiger partial charge in [0.05, 0.1) is 0 Å². The predicted molar refractivity (Wildman–Crippen MR) is 78.5 cm³/mol. The third-order valence-corrected chi connectivity index (χ3v) is 5.32. The summed E-state index contributed by atoms with van der Waals surface area (Å²) in [5, 5.41) is 0. The number of ether oxygens (including phenoxy) is 1. The molecule has 0 unspecified atom stereocenters. The van der Waals surface area contributed by atoms with Crippen LogP contribution in [0, 0.1) is 0 Å². The fraction of sp³-hybridized carbons (Fsp3) is 0.938. The Bertz CT molecular complexity index is 296. The van der Waals surface area contributed by atoms with Gasteiger partial charge in [-0.1, -0.05) is 39.0 Å². The van der Waals surface area contributed by atoms with Crippen LogP contribution in [0.5, 0.6) is 0 Å². The second-order valence-corrected chi connectivity index (χ2v) is 7.13. The molecular formula is C16H27ClO2. The quantitative estimate of drug-likeness (QED) is 0.538. The Morgan fingerprint density at radius 2 is 1.53 bits per heavy atom. The highest BCUT2D eigenvalue weighted by atomic mass is 35.5. The molecule has 0 bridgehead atoms. The first-order valence-corrected chi connectivity index (χ1v) is 8.40. The second-order valence-electron chi connectivity index (χ2n) is 6.41. The first kappa shape index (κ1) is 15.2. The van der Waals surface area contributed by atoms with E-state index >= 15 is 0 Å². The van der Waals surface area contributed by atoms with Crippen molar-refractivity contribution in [3.63, 3.8) is 0 Å². The normalized spacial score (nSPS) is 25.8. The van der Waals surface area contributed by atoms with Crippen molar-refractivity contribution in [1.82, 2.24) is 0 Å². The number of carbonyl (C=O) groups is 1. The second kappa shape index (κ2) is 6.47. The van der Waals surface area contributed by atoms with Crippen LogP contribution >= 0.6 is 11.6 Å². The summed E-state index contributed by atoms with van der Waals surface area (Å²) < 4.78 is 5.99. The maximum Gasteiger partial charge on any atom is 0.327 e. The number of rotatable bonds is 4. The summed E-state index contributed by atoms with van der Waals surface area (Å²) in [7, 11) is 0. The standard InChI is InChI=1S/C16H27ClO2/c1-2-9-15(10-5-3-6-11-15)19-14(18)16(17)12-7-4-8-13-16/h2-13H2,1H3. The highest BCUT2D eigenvalue weighted by Crippen LogP contribution is 2.40. The summed E-state index contributed by atoms with van der Waals surface area (Å²) in [6.45, 7) is 2.17. The number of hydrogen-bond donors (Lipinski definition) is 0. The zero-order valence-corrected chi connectivity index (χ0v) is 12.9. The molecule has 0 aromatic rings. The van der Waals surface area contributed by atoms with Crippen LogP contribution in [0.25, 0.3) is 0 Å². The van der Waals surface area contributed by atoms with E-state index in [-0.39, 0.29) is 11.6 Å². The molecule has 0 amide bonds. The van der Waals surface area contributed by atoms with E-state index in [4.69, 9.17) is 16.3 Å². The van der Waals surface area contributed by atoms with Crippen molar-refractivity contribution in [1.29, 1.82) is 0 Å². The maximum absolute atomic E-state index is 12.5. The number of alkyl halides is 1. The van der Waals surface area contributed by atoms with Crippen LogP contribution < -0.4 is 0 Å². The summed E-state index contributed by atoms with van der Waals surface area (Å²) in [5.74, 6) is -0.135. The van der Waals surface area contributed by atoms with Crippen molar-refractivity contribution >= 4 is 17.6 Å². The van der Waals surface area contributed by atoms with Crippen LogP contribution in [-0.4, -0.2) is 16.4 Å². The van der Waals surface area contributed by atoms with Crippen LogP contribution in [0.4, 0.5) is 0 Å². The van der Waals surface area contributed by atoms with Gasteiger partial charge in [0, 0.05) is 0 Å². The Balaban J connectivity index is 2.01. The van der Waals surface area contributed by atoms with Gasteiger partial charge in [-0.2, -0.15) is 0 Å². The molecule has 0 aromatic heterocycles. The van der Waals surface area contributed by atoms with Crippen molar-refractivity contribution in [2.75, 3.05) is 0 Å². The van der Waals surface area contributed by atoms with Gasteiger partial charge in [-0.25, -0.2) is 0 Å². The third kappa shape index (κ3) is 3.65. The zero-order chi connectivity index (χ0) is 13.8. The molecule has 2 fully saturated rings. The first-order valence-electron chi connectivity index (χ1n) is 8.03. The van der Waals surface area contributed by atoms with Crippen LogP contribution in [0.2, 0.25) is 0 Å². The van der Waals surface area contributed by atoms with Gasteiger partial charge >= 0.3 is 5.97 Å². The van der Waals surface area contributed by atoms with E-state index in [1.807, 2.05) is 0 Å². The highest BCUT2D eigenvalue weighted by Gasteiger charge is 2.44. The molecule has 0 atom stereocenters. The topological polar surface area (TPSA) is 26.3 Å². The summed E-state index contributed by atoms with van der Waals surface area (Å²) in [5.41, 5.74) is -0.205. The molecule has 0 heterocycles. The van der Waals surface area contributed by atoms with Gasteiger partial charge in [-0.3, -0.25) is 4.79 Å². The molecule has 19 heavy (non-hydrogen) atoms. The SMILES string of the molecule is CCCC1(OC(=O)C2(Cl)CCCCC2)CCCCC1. The number of esters is 1. The van der Waals surface area contributed by atoms with E-state index in [1.165, 1.54) is 25.7 Å². The smallest absolute Gasteiger partial charge is 0.327 e. The van der Waals surface area contributed by atoms with E-state index in [2.05, 4.69) is 6.92 Å². The van der Waals surface area contributed by atoms with Crippen LogP contribution in [-0.2, 0) is 9.53 Å². The Morgan fingerprint density at radius 3 is 2.05 bits per heavy atom. The van der Waals surface area contributed by atoms with E-state index in [0.717, 1.165) is 51.4 Å². The Kier molecular flexibility index (Phi) is 5.16. The highest BCUT2D eigenvalue weighted by molar-refractivity contribution is 6.34. The Morgan fingerprint density at radius 1 is 1.00 bits per heavy atom. The molecule has 0 saturated heterocycles. The average Bonchev–Trinajstić information content (AvgIpc) is 2.41. The van der Waals surface area contributed by atoms with E-state index < -0.39 is 4.87 Å². The van der Waals surface area contributed by atoms with Crippen LogP contribution in [0.3, 0.4) is 0 Å². The van der Waals surface area contributed by atoms with Crippen molar-refractivity contribution < 1.29 is 9.53 Å². The molecular weight excluding hydrogens is 260 g/mol. The Labute approximate surface area is 122 Å². The number of hydrogen-bond acceptors (Lipinski definition) is 2. The molecule has 2 nitrogen and oxygen atoms in total. The van der Waals surface area contributed by atoms with Crippen LogP contribution in [0.15, 0.2) is 0 Å². The molecule has 0 N–H and O–H groups in total. The summed E-state index contributed by atoms with van der Waals surface area (Å²) >= 11 is 6.53. The largest absolute Gasteiger partial charge is 0.458 e. The molecule has 2 aliphatic carbocycles. The van der Waals surface area contributed by atoms with Gasteiger partial charge in [0.1, 0.15) is 10.5 Å². The van der Waals surface area contributed by atoms with Gasteiger partial charge in [0.25, 0.3) is 0 Å². The summed E-state index contributed by atoms with van der Waals surface area (Å²) in [6.07, 6.45) is 12.6. The number of halogens is 1. The molecule has 2 aliphatic rings. The lowest BCUT2D eigenvalue weighted by atomic mass is 9.81. The molecule has 2 saturated carbocycles. The predicted octanol–water partition coefficient (Wildman–Crippen LogP) is 4.97. The maximum atomic E-state index is 12.5. The molecule has 110 valence electrons. The van der Waals surface area contributed by atoms with Gasteiger partial charge in [-0.15, -0.1) is 11.6 Å². The van der Waals surface area contributed by atoms with E-state index in [9.17, 15) is 4.79 Å². The van der Waals surface area contributed by atoms with Crippen molar-refractivity contribution in [3.8, 4) is 0 Å². The summed E-state index contributed by atoms with van der Waals surface area (Å²) in [6, 6.07) is 0. The lowest BCUT2D eigenvalue weighted by Crippen LogP contribution is -2.45. The lowest BCUT2D eigenvalue weighted by Gasteiger charge is -2.40. The molecule has 2 rings (SSSR count).